The molecule has 1 aromatic rings. The second-order valence-electron chi connectivity index (χ2n) is 5.96. The molecule has 0 spiro atoms. The molecule has 0 bridgehead atoms. The number of nitrogens with two attached hydrogens (primary N) is 1. The molecule has 21 heavy (non-hydrogen) atoms. The van der Waals surface area contributed by atoms with Gasteiger partial charge in [0.2, 0.25) is 10.0 Å². The van der Waals surface area contributed by atoms with Crippen LogP contribution in [-0.2, 0) is 16.6 Å². The average Bonchev–Trinajstić information content (AvgIpc) is 2.37. The molecule has 0 aromatic heterocycles. The molecule has 0 saturated carbocycles. The molecule has 0 atom stereocenters. The molecule has 4 nitrogen and oxygen atoms in total. The van der Waals surface area contributed by atoms with Gasteiger partial charge in [-0.2, -0.15) is 0 Å². The van der Waals surface area contributed by atoms with Crippen molar-refractivity contribution >= 4 is 21.6 Å². The third kappa shape index (κ3) is 4.95. The third-order valence-corrected chi connectivity index (χ3v) is 5.55. The van der Waals surface area contributed by atoms with E-state index in [9.17, 15) is 8.42 Å². The van der Waals surface area contributed by atoms with Crippen molar-refractivity contribution in [2.45, 2.75) is 39.1 Å². The molecule has 120 valence electrons. The van der Waals surface area contributed by atoms with Crippen LogP contribution in [0.15, 0.2) is 23.1 Å². The molecule has 1 aromatic carbocycles. The van der Waals surface area contributed by atoms with E-state index in [4.69, 9.17) is 17.3 Å². The van der Waals surface area contributed by atoms with Crippen molar-refractivity contribution in [3.8, 4) is 0 Å². The minimum Gasteiger partial charge on any atom is -0.326 e. The van der Waals surface area contributed by atoms with E-state index in [0.717, 1.165) is 5.56 Å². The van der Waals surface area contributed by atoms with Gasteiger partial charge in [0.15, 0.2) is 0 Å². The van der Waals surface area contributed by atoms with Gasteiger partial charge in [-0.15, -0.1) is 0 Å². The Hall–Kier alpha value is -0.620. The van der Waals surface area contributed by atoms with Crippen LogP contribution in [0.5, 0.6) is 0 Å². The summed E-state index contributed by atoms with van der Waals surface area (Å²) in [6.45, 7) is 9.12. The maximum Gasteiger partial charge on any atom is 0.240 e. The maximum absolute atomic E-state index is 12.3. The summed E-state index contributed by atoms with van der Waals surface area (Å²) in [5, 5.41) is 0.379. The molecule has 0 heterocycles. The minimum atomic E-state index is -3.55. The Morgan fingerprint density at radius 3 is 2.19 bits per heavy atom. The molecule has 0 aliphatic carbocycles. The second kappa shape index (κ2) is 7.58. The summed E-state index contributed by atoms with van der Waals surface area (Å²) in [4.78, 5) is 0.177. The SMILES string of the molecule is CC(C)C(CNS(=O)(=O)c1ccc(CN)c(Cl)c1)C(C)C. The second-order valence-corrected chi connectivity index (χ2v) is 8.14. The fraction of sp³-hybridized carbons (Fsp3) is 0.600. The number of halogens is 1. The highest BCUT2D eigenvalue weighted by Crippen LogP contribution is 2.22. The Morgan fingerprint density at radius 2 is 1.76 bits per heavy atom. The van der Waals surface area contributed by atoms with Gasteiger partial charge in [0.1, 0.15) is 0 Å². The van der Waals surface area contributed by atoms with Crippen LogP contribution in [0.4, 0.5) is 0 Å². The van der Waals surface area contributed by atoms with Crippen molar-refractivity contribution < 1.29 is 8.42 Å². The molecule has 6 heteroatoms. The van der Waals surface area contributed by atoms with Crippen LogP contribution >= 0.6 is 11.6 Å². The van der Waals surface area contributed by atoms with E-state index in [1.807, 2.05) is 0 Å². The van der Waals surface area contributed by atoms with Crippen molar-refractivity contribution in [2.24, 2.45) is 23.5 Å². The van der Waals surface area contributed by atoms with Crippen LogP contribution in [-0.4, -0.2) is 15.0 Å². The van der Waals surface area contributed by atoms with E-state index < -0.39 is 10.0 Å². The first kappa shape index (κ1) is 18.4. The number of hydrogen-bond acceptors (Lipinski definition) is 3. The molecular formula is C15H25ClN2O2S. The number of nitrogens with one attached hydrogen (secondary N) is 1. The van der Waals surface area contributed by atoms with Crippen molar-refractivity contribution in [1.29, 1.82) is 0 Å². The van der Waals surface area contributed by atoms with E-state index >= 15 is 0 Å². The lowest BCUT2D eigenvalue weighted by molar-refractivity contribution is 0.289. The summed E-state index contributed by atoms with van der Waals surface area (Å²) in [5.41, 5.74) is 6.26. The van der Waals surface area contributed by atoms with Gasteiger partial charge < -0.3 is 5.73 Å². The molecule has 0 saturated heterocycles. The monoisotopic (exact) mass is 332 g/mol. The van der Waals surface area contributed by atoms with Crippen LogP contribution in [0.3, 0.4) is 0 Å². The number of rotatable bonds is 7. The summed E-state index contributed by atoms with van der Waals surface area (Å²) in [5.74, 6) is 1.12. The molecule has 0 radical (unpaired) electrons. The van der Waals surface area contributed by atoms with E-state index in [2.05, 4.69) is 32.4 Å². The van der Waals surface area contributed by atoms with Gasteiger partial charge in [-0.1, -0.05) is 45.4 Å². The van der Waals surface area contributed by atoms with Crippen LogP contribution in [0, 0.1) is 17.8 Å². The Balaban J connectivity index is 2.89. The predicted molar refractivity (Wildman–Crippen MR) is 87.7 cm³/mol. The molecule has 0 fully saturated rings. The lowest BCUT2D eigenvalue weighted by atomic mass is 9.86. The summed E-state index contributed by atoms with van der Waals surface area (Å²) < 4.78 is 27.4. The number of benzene rings is 1. The highest BCUT2D eigenvalue weighted by atomic mass is 35.5. The zero-order chi connectivity index (χ0) is 16.2. The number of hydrogen-bond donors (Lipinski definition) is 2. The van der Waals surface area contributed by atoms with Gasteiger partial charge in [-0.05, 0) is 35.4 Å². The van der Waals surface area contributed by atoms with Crippen molar-refractivity contribution in [3.63, 3.8) is 0 Å². The zero-order valence-electron chi connectivity index (χ0n) is 13.1. The van der Waals surface area contributed by atoms with Crippen LogP contribution < -0.4 is 10.5 Å². The van der Waals surface area contributed by atoms with Gasteiger partial charge in [-0.25, -0.2) is 13.1 Å². The third-order valence-electron chi connectivity index (χ3n) is 3.78. The van der Waals surface area contributed by atoms with E-state index in [1.165, 1.54) is 12.1 Å². The molecule has 0 aliphatic rings. The largest absolute Gasteiger partial charge is 0.326 e. The zero-order valence-corrected chi connectivity index (χ0v) is 14.6. The van der Waals surface area contributed by atoms with Crippen molar-refractivity contribution in [1.82, 2.24) is 4.72 Å². The van der Waals surface area contributed by atoms with Gasteiger partial charge >= 0.3 is 0 Å². The highest BCUT2D eigenvalue weighted by Gasteiger charge is 2.22. The molecule has 3 N–H and O–H groups in total. The lowest BCUT2D eigenvalue weighted by Crippen LogP contribution is -2.34. The summed E-state index contributed by atoms with van der Waals surface area (Å²) >= 11 is 6.03. The fourth-order valence-electron chi connectivity index (χ4n) is 2.39. The first-order chi connectivity index (χ1) is 9.69. The highest BCUT2D eigenvalue weighted by molar-refractivity contribution is 7.89. The maximum atomic E-state index is 12.3. The van der Waals surface area contributed by atoms with E-state index in [1.54, 1.807) is 6.07 Å². The van der Waals surface area contributed by atoms with E-state index in [0.29, 0.717) is 29.3 Å². The summed E-state index contributed by atoms with van der Waals surface area (Å²) in [6.07, 6.45) is 0. The Labute approximate surface area is 133 Å². The summed E-state index contributed by atoms with van der Waals surface area (Å²) in [6, 6.07) is 4.64. The Kier molecular flexibility index (Phi) is 6.66. The van der Waals surface area contributed by atoms with Crippen LogP contribution in [0.2, 0.25) is 5.02 Å². The Morgan fingerprint density at radius 1 is 1.19 bits per heavy atom. The molecule has 0 unspecified atom stereocenters. The normalized spacial score (nSPS) is 12.6. The fourth-order valence-corrected chi connectivity index (χ4v) is 3.81. The lowest BCUT2D eigenvalue weighted by Gasteiger charge is -2.25. The molecule has 0 aliphatic heterocycles. The van der Waals surface area contributed by atoms with Crippen molar-refractivity contribution in [3.05, 3.63) is 28.8 Å². The van der Waals surface area contributed by atoms with Gasteiger partial charge in [0.05, 0.1) is 4.90 Å². The van der Waals surface area contributed by atoms with E-state index in [-0.39, 0.29) is 11.4 Å². The predicted octanol–water partition coefficient (Wildman–Crippen LogP) is 3.01. The van der Waals surface area contributed by atoms with Crippen LogP contribution in [0.1, 0.15) is 33.3 Å². The summed E-state index contributed by atoms with van der Waals surface area (Å²) in [7, 11) is -3.55. The first-order valence-electron chi connectivity index (χ1n) is 7.17. The number of sulfonamides is 1. The first-order valence-corrected chi connectivity index (χ1v) is 9.03. The topological polar surface area (TPSA) is 72.2 Å². The molecular weight excluding hydrogens is 308 g/mol. The quantitative estimate of drug-likeness (QED) is 0.806. The van der Waals surface area contributed by atoms with Crippen LogP contribution in [0.25, 0.3) is 0 Å². The standard InChI is InChI=1S/C15H25ClN2O2S/c1-10(2)14(11(3)4)9-18-21(19,20)13-6-5-12(8-17)15(16)7-13/h5-7,10-11,14,18H,8-9,17H2,1-4H3. The average molecular weight is 333 g/mol. The van der Waals surface area contributed by atoms with Gasteiger partial charge in [0, 0.05) is 18.1 Å². The minimum absolute atomic E-state index is 0.177. The smallest absolute Gasteiger partial charge is 0.240 e. The van der Waals surface area contributed by atoms with Gasteiger partial charge in [0.25, 0.3) is 0 Å². The molecule has 1 rings (SSSR count). The Bertz CT molecular complexity index is 563. The van der Waals surface area contributed by atoms with Gasteiger partial charge in [-0.3, -0.25) is 0 Å². The molecule has 0 amide bonds. The van der Waals surface area contributed by atoms with Crippen molar-refractivity contribution in [2.75, 3.05) is 6.54 Å².